The number of alkyl halides is 3. The van der Waals surface area contributed by atoms with Crippen LogP contribution in [0, 0.1) is 0 Å². The van der Waals surface area contributed by atoms with Gasteiger partial charge in [0.15, 0.2) is 5.65 Å². The maximum atomic E-state index is 13.6. The highest BCUT2D eigenvalue weighted by Gasteiger charge is 2.35. The number of hydrogen-bond acceptors (Lipinski definition) is 5. The van der Waals surface area contributed by atoms with Crippen LogP contribution in [0.2, 0.25) is 0 Å². The molecule has 0 fully saturated rings. The standard InChI is InChI=1S/C19H10F3N5O/c20-19(21,22)13-8-12-6-7-14(11-4-2-1-3-5-11)24-16(12)27-9-15(25-17(13)27)18-26-23-10-28-18/h1-10H. The Morgan fingerprint density at radius 1 is 0.893 bits per heavy atom. The van der Waals surface area contributed by atoms with E-state index < -0.39 is 11.7 Å². The molecule has 28 heavy (non-hydrogen) atoms. The maximum absolute atomic E-state index is 13.6. The molecule has 5 rings (SSSR count). The van der Waals surface area contributed by atoms with E-state index in [1.165, 1.54) is 10.6 Å². The van der Waals surface area contributed by atoms with Gasteiger partial charge in [0, 0.05) is 17.1 Å². The van der Waals surface area contributed by atoms with Crippen molar-refractivity contribution in [2.75, 3.05) is 0 Å². The van der Waals surface area contributed by atoms with Crippen LogP contribution in [0.25, 0.3) is 39.5 Å². The molecule has 9 heteroatoms. The number of benzene rings is 1. The lowest BCUT2D eigenvalue weighted by molar-refractivity contribution is -0.136. The molecule has 0 aliphatic heterocycles. The van der Waals surface area contributed by atoms with Gasteiger partial charge in [-0.3, -0.25) is 4.40 Å². The fraction of sp³-hybridized carbons (Fsp3) is 0.0526. The van der Waals surface area contributed by atoms with Crippen molar-refractivity contribution < 1.29 is 17.6 Å². The Morgan fingerprint density at radius 2 is 1.68 bits per heavy atom. The van der Waals surface area contributed by atoms with Gasteiger partial charge in [-0.25, -0.2) is 9.97 Å². The van der Waals surface area contributed by atoms with Gasteiger partial charge in [-0.1, -0.05) is 30.3 Å². The van der Waals surface area contributed by atoms with Crippen LogP contribution in [-0.4, -0.2) is 24.6 Å². The highest BCUT2D eigenvalue weighted by molar-refractivity contribution is 5.84. The van der Waals surface area contributed by atoms with Crippen LogP contribution >= 0.6 is 0 Å². The number of hydrogen-bond donors (Lipinski definition) is 0. The predicted molar refractivity (Wildman–Crippen MR) is 94.2 cm³/mol. The number of rotatable bonds is 2. The molecule has 5 aromatic rings. The summed E-state index contributed by atoms with van der Waals surface area (Å²) in [6.45, 7) is 0. The first kappa shape index (κ1) is 16.4. The Kier molecular flexibility index (Phi) is 3.45. The topological polar surface area (TPSA) is 69.1 Å². The van der Waals surface area contributed by atoms with Crippen LogP contribution in [0.3, 0.4) is 0 Å². The molecule has 6 nitrogen and oxygen atoms in total. The monoisotopic (exact) mass is 381 g/mol. The van der Waals surface area contributed by atoms with Crippen LogP contribution in [0.1, 0.15) is 5.56 Å². The van der Waals surface area contributed by atoms with Crippen molar-refractivity contribution >= 4 is 16.7 Å². The SMILES string of the molecule is FC(F)(F)c1cc2ccc(-c3ccccc3)nc2n2cc(-c3nnco3)nc12. The largest absolute Gasteiger partial charge is 0.422 e. The van der Waals surface area contributed by atoms with Crippen LogP contribution in [-0.2, 0) is 6.18 Å². The number of pyridine rings is 2. The second-order valence-corrected chi connectivity index (χ2v) is 6.09. The summed E-state index contributed by atoms with van der Waals surface area (Å²) >= 11 is 0. The van der Waals surface area contributed by atoms with Gasteiger partial charge >= 0.3 is 6.18 Å². The van der Waals surface area contributed by atoms with Crippen molar-refractivity contribution in [1.82, 2.24) is 24.6 Å². The highest BCUT2D eigenvalue weighted by Crippen LogP contribution is 2.36. The average molecular weight is 381 g/mol. The van der Waals surface area contributed by atoms with Gasteiger partial charge in [-0.05, 0) is 18.2 Å². The minimum atomic E-state index is -4.58. The normalized spacial score (nSPS) is 12.1. The number of fused-ring (bicyclic) bond motifs is 3. The average Bonchev–Trinajstić information content (AvgIpc) is 3.36. The van der Waals surface area contributed by atoms with Crippen molar-refractivity contribution in [3.8, 4) is 22.8 Å². The molecule has 0 amide bonds. The molecule has 0 saturated carbocycles. The zero-order valence-corrected chi connectivity index (χ0v) is 14.1. The number of halogens is 3. The van der Waals surface area contributed by atoms with Gasteiger partial charge in [0.2, 0.25) is 6.39 Å². The Balaban J connectivity index is 1.84. The number of imidazole rings is 1. The van der Waals surface area contributed by atoms with Crippen LogP contribution < -0.4 is 0 Å². The minimum absolute atomic E-state index is 0.0317. The molecule has 0 unspecified atom stereocenters. The molecular weight excluding hydrogens is 371 g/mol. The third-order valence-corrected chi connectivity index (χ3v) is 4.33. The molecule has 0 aliphatic carbocycles. The van der Waals surface area contributed by atoms with Crippen molar-refractivity contribution in [2.24, 2.45) is 0 Å². The van der Waals surface area contributed by atoms with Crippen LogP contribution in [0.5, 0.6) is 0 Å². The van der Waals surface area contributed by atoms with Crippen LogP contribution in [0.15, 0.2) is 65.5 Å². The van der Waals surface area contributed by atoms with E-state index in [2.05, 4.69) is 20.2 Å². The molecular formula is C19H10F3N5O. The first-order chi connectivity index (χ1) is 13.5. The van der Waals surface area contributed by atoms with Gasteiger partial charge < -0.3 is 4.42 Å². The fourth-order valence-corrected chi connectivity index (χ4v) is 3.08. The van der Waals surface area contributed by atoms with E-state index in [1.807, 2.05) is 30.3 Å². The van der Waals surface area contributed by atoms with E-state index in [9.17, 15) is 13.2 Å². The summed E-state index contributed by atoms with van der Waals surface area (Å²) in [4.78, 5) is 8.66. The van der Waals surface area contributed by atoms with Crippen molar-refractivity contribution in [1.29, 1.82) is 0 Å². The molecule has 0 radical (unpaired) electrons. The van der Waals surface area contributed by atoms with E-state index in [4.69, 9.17) is 4.42 Å². The second-order valence-electron chi connectivity index (χ2n) is 6.09. The molecule has 0 atom stereocenters. The van der Waals surface area contributed by atoms with E-state index in [0.717, 1.165) is 18.0 Å². The van der Waals surface area contributed by atoms with Gasteiger partial charge in [0.25, 0.3) is 5.89 Å². The summed E-state index contributed by atoms with van der Waals surface area (Å²) in [6.07, 6.45) is -2.07. The molecule has 138 valence electrons. The third-order valence-electron chi connectivity index (χ3n) is 4.33. The van der Waals surface area contributed by atoms with E-state index in [-0.39, 0.29) is 17.2 Å². The van der Waals surface area contributed by atoms with Gasteiger partial charge in [0.1, 0.15) is 11.3 Å². The second kappa shape index (κ2) is 5.88. The molecule has 0 N–H and O–H groups in total. The summed E-state index contributed by atoms with van der Waals surface area (Å²) in [6, 6.07) is 13.7. The molecule has 0 saturated heterocycles. The first-order valence-electron chi connectivity index (χ1n) is 8.23. The van der Waals surface area contributed by atoms with E-state index in [1.54, 1.807) is 12.1 Å². The third kappa shape index (κ3) is 2.59. The molecule has 1 aromatic carbocycles. The minimum Gasteiger partial charge on any atom is -0.422 e. The smallest absolute Gasteiger partial charge is 0.420 e. The zero-order chi connectivity index (χ0) is 19.3. The van der Waals surface area contributed by atoms with Gasteiger partial charge in [-0.2, -0.15) is 13.2 Å². The maximum Gasteiger partial charge on any atom is 0.420 e. The number of nitrogens with zero attached hydrogens (tertiary/aromatic N) is 5. The summed E-state index contributed by atoms with van der Waals surface area (Å²) in [5, 5.41) is 7.62. The molecule has 4 aromatic heterocycles. The first-order valence-corrected chi connectivity index (χ1v) is 8.23. The Bertz CT molecular complexity index is 1290. The van der Waals surface area contributed by atoms with Crippen LogP contribution in [0.4, 0.5) is 13.2 Å². The molecule has 0 aliphatic rings. The quantitative estimate of drug-likeness (QED) is 0.446. The van der Waals surface area contributed by atoms with Crippen molar-refractivity contribution in [3.63, 3.8) is 0 Å². The Morgan fingerprint density at radius 3 is 2.39 bits per heavy atom. The van der Waals surface area contributed by atoms with E-state index in [0.29, 0.717) is 16.7 Å². The highest BCUT2D eigenvalue weighted by atomic mass is 19.4. The number of aromatic nitrogens is 5. The van der Waals surface area contributed by atoms with Gasteiger partial charge in [-0.15, -0.1) is 10.2 Å². The predicted octanol–water partition coefficient (Wildman–Crippen LogP) is 4.62. The fourth-order valence-electron chi connectivity index (χ4n) is 3.08. The Hall–Kier alpha value is -3.75. The lowest BCUT2D eigenvalue weighted by Gasteiger charge is -2.11. The van der Waals surface area contributed by atoms with Crippen molar-refractivity contribution in [3.05, 3.63) is 66.7 Å². The van der Waals surface area contributed by atoms with E-state index >= 15 is 0 Å². The lowest BCUT2D eigenvalue weighted by atomic mass is 10.1. The van der Waals surface area contributed by atoms with Crippen molar-refractivity contribution in [2.45, 2.75) is 6.18 Å². The Labute approximate surface area is 155 Å². The van der Waals surface area contributed by atoms with Gasteiger partial charge in [0.05, 0.1) is 11.3 Å². The molecule has 0 spiro atoms. The summed E-state index contributed by atoms with van der Waals surface area (Å²) in [5.74, 6) is 0.0317. The lowest BCUT2D eigenvalue weighted by Crippen LogP contribution is -2.08. The summed E-state index contributed by atoms with van der Waals surface area (Å²) in [5.41, 5.74) is 0.854. The summed E-state index contributed by atoms with van der Waals surface area (Å²) in [7, 11) is 0. The molecule has 0 bridgehead atoms. The summed E-state index contributed by atoms with van der Waals surface area (Å²) < 4.78 is 47.2. The molecule has 4 heterocycles. The zero-order valence-electron chi connectivity index (χ0n) is 14.1.